The van der Waals surface area contributed by atoms with E-state index in [0.29, 0.717) is 13.2 Å². The zero-order valence-electron chi connectivity index (χ0n) is 14.4. The summed E-state index contributed by atoms with van der Waals surface area (Å²) in [5.41, 5.74) is 0. The summed E-state index contributed by atoms with van der Waals surface area (Å²) in [6.45, 7) is 7.73. The summed E-state index contributed by atoms with van der Waals surface area (Å²) < 4.78 is 9.84. The first-order valence-electron chi connectivity index (χ1n) is 8.79. The molecule has 0 radical (unpaired) electrons. The molecule has 0 aliphatic heterocycles. The minimum absolute atomic E-state index is 0.330. The molecule has 0 aliphatic rings. The molecule has 0 saturated carbocycles. The van der Waals surface area contributed by atoms with Crippen molar-refractivity contribution >= 4 is 11.9 Å². The van der Waals surface area contributed by atoms with E-state index in [1.807, 2.05) is 0 Å². The number of hydrogen-bond donors (Lipinski definition) is 0. The Morgan fingerprint density at radius 1 is 0.565 bits per heavy atom. The number of carbonyl (C=O) groups excluding carboxylic acids is 2. The number of carbonyl (C=O) groups is 2. The van der Waals surface area contributed by atoms with Crippen LogP contribution in [0.4, 0.5) is 0 Å². The second kappa shape index (κ2) is 16.8. The number of esters is 2. The summed E-state index contributed by atoms with van der Waals surface area (Å²) in [6.07, 6.45) is 15.3. The number of rotatable bonds is 16. The molecule has 132 valence electrons. The first-order valence-corrected chi connectivity index (χ1v) is 8.79. The molecule has 0 bridgehead atoms. The van der Waals surface area contributed by atoms with Gasteiger partial charge < -0.3 is 9.47 Å². The Morgan fingerprint density at radius 3 is 1.09 bits per heavy atom. The highest BCUT2D eigenvalue weighted by atomic mass is 16.5. The quantitative estimate of drug-likeness (QED) is 0.234. The molecule has 0 unspecified atom stereocenters. The zero-order valence-corrected chi connectivity index (χ0v) is 14.4. The number of unbranched alkanes of at least 4 members (excludes halogenated alkanes) is 10. The summed E-state index contributed by atoms with van der Waals surface area (Å²) in [7, 11) is 0. The van der Waals surface area contributed by atoms with Gasteiger partial charge in [-0.05, 0) is 12.8 Å². The molecule has 0 saturated heterocycles. The fourth-order valence-electron chi connectivity index (χ4n) is 2.26. The van der Waals surface area contributed by atoms with E-state index in [1.165, 1.54) is 57.1 Å². The maximum atomic E-state index is 10.8. The highest BCUT2D eigenvalue weighted by molar-refractivity contribution is 5.81. The van der Waals surface area contributed by atoms with E-state index in [2.05, 4.69) is 13.2 Å². The molecule has 0 N–H and O–H groups in total. The molecule has 0 amide bonds. The normalized spacial score (nSPS) is 10.1. The van der Waals surface area contributed by atoms with Crippen LogP contribution in [0.25, 0.3) is 0 Å². The molecular formula is C19H32O4. The van der Waals surface area contributed by atoms with Gasteiger partial charge in [-0.2, -0.15) is 0 Å². The zero-order chi connectivity index (χ0) is 17.2. The second-order valence-corrected chi connectivity index (χ2v) is 5.63. The fourth-order valence-corrected chi connectivity index (χ4v) is 2.26. The molecule has 0 aromatic rings. The lowest BCUT2D eigenvalue weighted by Crippen LogP contribution is -2.01. The third kappa shape index (κ3) is 16.6. The Kier molecular flexibility index (Phi) is 15.6. The molecule has 0 rings (SSSR count). The highest BCUT2D eigenvalue weighted by Gasteiger charge is 1.97. The van der Waals surface area contributed by atoms with Crippen LogP contribution in [-0.4, -0.2) is 25.2 Å². The standard InChI is InChI=1S/C19H32O4/c1-3-18(20)22-16-14-12-10-8-6-5-7-9-11-13-15-17-23-19(21)4-2/h3-4H,1-2,5-17H2. The Hall–Kier alpha value is -1.58. The Balaban J connectivity index is 3.08. The lowest BCUT2D eigenvalue weighted by atomic mass is 10.1. The molecule has 0 aliphatic carbocycles. The van der Waals surface area contributed by atoms with E-state index < -0.39 is 0 Å². The van der Waals surface area contributed by atoms with Gasteiger partial charge >= 0.3 is 11.9 Å². The lowest BCUT2D eigenvalue weighted by molar-refractivity contribution is -0.138. The van der Waals surface area contributed by atoms with E-state index in [4.69, 9.17) is 9.47 Å². The summed E-state index contributed by atoms with van der Waals surface area (Å²) in [4.78, 5) is 21.6. The molecule has 0 spiro atoms. The Bertz CT molecular complexity index is 304. The van der Waals surface area contributed by atoms with Crippen molar-refractivity contribution in [3.05, 3.63) is 25.3 Å². The summed E-state index contributed by atoms with van der Waals surface area (Å²) in [6, 6.07) is 0. The molecule has 0 aromatic carbocycles. The summed E-state index contributed by atoms with van der Waals surface area (Å²) in [5.74, 6) is -0.660. The lowest BCUT2D eigenvalue weighted by Gasteiger charge is -2.04. The van der Waals surface area contributed by atoms with Crippen molar-refractivity contribution in [1.29, 1.82) is 0 Å². The van der Waals surface area contributed by atoms with Crippen LogP contribution in [0.15, 0.2) is 25.3 Å². The first-order chi connectivity index (χ1) is 11.2. The molecule has 4 heteroatoms. The highest BCUT2D eigenvalue weighted by Crippen LogP contribution is 2.11. The molecule has 0 fully saturated rings. The smallest absolute Gasteiger partial charge is 0.330 e. The summed E-state index contributed by atoms with van der Waals surface area (Å²) >= 11 is 0. The van der Waals surface area contributed by atoms with Crippen LogP contribution in [-0.2, 0) is 19.1 Å². The topological polar surface area (TPSA) is 52.6 Å². The minimum Gasteiger partial charge on any atom is -0.463 e. The van der Waals surface area contributed by atoms with Crippen molar-refractivity contribution in [2.24, 2.45) is 0 Å². The van der Waals surface area contributed by atoms with Crippen LogP contribution in [0.5, 0.6) is 0 Å². The van der Waals surface area contributed by atoms with Crippen molar-refractivity contribution in [2.45, 2.75) is 70.6 Å². The van der Waals surface area contributed by atoms with Crippen LogP contribution < -0.4 is 0 Å². The third-order valence-electron chi connectivity index (χ3n) is 3.61. The van der Waals surface area contributed by atoms with Crippen LogP contribution in [0, 0.1) is 0 Å². The van der Waals surface area contributed by atoms with Crippen LogP contribution >= 0.6 is 0 Å². The van der Waals surface area contributed by atoms with Crippen molar-refractivity contribution in [3.63, 3.8) is 0 Å². The maximum absolute atomic E-state index is 10.8. The van der Waals surface area contributed by atoms with Gasteiger partial charge in [0.1, 0.15) is 0 Å². The van der Waals surface area contributed by atoms with E-state index in [-0.39, 0.29) is 11.9 Å². The van der Waals surface area contributed by atoms with Crippen molar-refractivity contribution in [2.75, 3.05) is 13.2 Å². The average molecular weight is 324 g/mol. The van der Waals surface area contributed by atoms with Crippen molar-refractivity contribution in [1.82, 2.24) is 0 Å². The molecule has 4 nitrogen and oxygen atoms in total. The predicted octanol–water partition coefficient (Wildman–Crippen LogP) is 4.74. The van der Waals surface area contributed by atoms with E-state index in [0.717, 1.165) is 25.7 Å². The van der Waals surface area contributed by atoms with Gasteiger partial charge in [0.15, 0.2) is 0 Å². The minimum atomic E-state index is -0.330. The monoisotopic (exact) mass is 324 g/mol. The maximum Gasteiger partial charge on any atom is 0.330 e. The number of hydrogen-bond acceptors (Lipinski definition) is 4. The largest absolute Gasteiger partial charge is 0.463 e. The van der Waals surface area contributed by atoms with Crippen LogP contribution in [0.3, 0.4) is 0 Å². The van der Waals surface area contributed by atoms with Gasteiger partial charge in [-0.1, -0.05) is 70.9 Å². The van der Waals surface area contributed by atoms with Crippen molar-refractivity contribution < 1.29 is 19.1 Å². The van der Waals surface area contributed by atoms with Crippen molar-refractivity contribution in [3.8, 4) is 0 Å². The Morgan fingerprint density at radius 2 is 0.826 bits per heavy atom. The molecular weight excluding hydrogens is 292 g/mol. The van der Waals surface area contributed by atoms with E-state index >= 15 is 0 Å². The van der Waals surface area contributed by atoms with Crippen LogP contribution in [0.2, 0.25) is 0 Å². The van der Waals surface area contributed by atoms with Gasteiger partial charge in [0.25, 0.3) is 0 Å². The molecule has 0 atom stereocenters. The van der Waals surface area contributed by atoms with E-state index in [9.17, 15) is 9.59 Å². The van der Waals surface area contributed by atoms with Gasteiger partial charge in [0.2, 0.25) is 0 Å². The molecule has 23 heavy (non-hydrogen) atoms. The number of ether oxygens (including phenoxy) is 2. The van der Waals surface area contributed by atoms with Gasteiger partial charge in [0.05, 0.1) is 13.2 Å². The predicted molar refractivity (Wildman–Crippen MR) is 93.1 cm³/mol. The SMILES string of the molecule is C=CC(=O)OCCCCCCCCCCCCCOC(=O)C=C. The molecule has 0 heterocycles. The van der Waals surface area contributed by atoms with E-state index in [1.54, 1.807) is 0 Å². The van der Waals surface area contributed by atoms with Gasteiger partial charge in [-0.15, -0.1) is 0 Å². The third-order valence-corrected chi connectivity index (χ3v) is 3.61. The van der Waals surface area contributed by atoms with Gasteiger partial charge in [0, 0.05) is 12.2 Å². The first kappa shape index (κ1) is 21.4. The second-order valence-electron chi connectivity index (χ2n) is 5.63. The molecule has 0 aromatic heterocycles. The average Bonchev–Trinajstić information content (AvgIpc) is 2.57. The Labute approximate surface area is 140 Å². The summed E-state index contributed by atoms with van der Waals surface area (Å²) in [5, 5.41) is 0. The fraction of sp³-hybridized carbons (Fsp3) is 0.684. The van der Waals surface area contributed by atoms with Gasteiger partial charge in [-0.3, -0.25) is 0 Å². The van der Waals surface area contributed by atoms with Crippen LogP contribution in [0.1, 0.15) is 70.6 Å². The van der Waals surface area contributed by atoms with Gasteiger partial charge in [-0.25, -0.2) is 9.59 Å².